The van der Waals surface area contributed by atoms with Gasteiger partial charge in [-0.15, -0.1) is 11.8 Å². The van der Waals surface area contributed by atoms with Gasteiger partial charge in [-0.1, -0.05) is 17.7 Å². The summed E-state index contributed by atoms with van der Waals surface area (Å²) >= 11 is 7.33. The molecule has 0 spiro atoms. The third-order valence-corrected chi connectivity index (χ3v) is 6.21. The van der Waals surface area contributed by atoms with E-state index in [1.54, 1.807) is 4.90 Å². The fourth-order valence-corrected chi connectivity index (χ4v) is 4.29. The highest BCUT2D eigenvalue weighted by molar-refractivity contribution is 7.99. The van der Waals surface area contributed by atoms with Crippen molar-refractivity contribution in [1.29, 1.82) is 0 Å². The highest BCUT2D eigenvalue weighted by atomic mass is 35.5. The first kappa shape index (κ1) is 23.6. The predicted octanol–water partition coefficient (Wildman–Crippen LogP) is 2.16. The number of benzene rings is 1. The molecule has 1 aromatic carbocycles. The molecule has 0 atom stereocenters. The van der Waals surface area contributed by atoms with Crippen molar-refractivity contribution < 1.29 is 18.4 Å². The van der Waals surface area contributed by atoms with Gasteiger partial charge in [0.15, 0.2) is 0 Å². The van der Waals surface area contributed by atoms with Crippen LogP contribution in [0.5, 0.6) is 0 Å². The van der Waals surface area contributed by atoms with E-state index in [0.29, 0.717) is 24.0 Å². The molecule has 7 nitrogen and oxygen atoms in total. The van der Waals surface area contributed by atoms with E-state index in [-0.39, 0.29) is 37.1 Å². The van der Waals surface area contributed by atoms with Crippen LogP contribution in [0, 0.1) is 0 Å². The summed E-state index contributed by atoms with van der Waals surface area (Å²) in [5.41, 5.74) is 1.05. The van der Waals surface area contributed by atoms with E-state index in [9.17, 15) is 18.4 Å². The molecule has 170 valence electrons. The standard InChI is InChI=1S/C20H26ClF2N5O2S/c21-16-2-1-3-17(10-16)26-6-8-27(9-7-26)18(29)11-24-14-25-15-31-12-19(30)28-5-4-20(22,23)13-28/h1-3,10,14H,4-9,11-13,15H2,(H,24,25). The molecule has 0 bridgehead atoms. The molecule has 2 amide bonds. The fraction of sp³-hybridized carbons (Fsp3) is 0.550. The van der Waals surface area contributed by atoms with Gasteiger partial charge in [0.25, 0.3) is 5.92 Å². The van der Waals surface area contributed by atoms with Crippen LogP contribution in [-0.2, 0) is 9.59 Å². The number of carbonyl (C=O) groups is 2. The van der Waals surface area contributed by atoms with Gasteiger partial charge in [-0.25, -0.2) is 8.78 Å². The smallest absolute Gasteiger partial charge is 0.267 e. The van der Waals surface area contributed by atoms with Crippen molar-refractivity contribution in [3.63, 3.8) is 0 Å². The summed E-state index contributed by atoms with van der Waals surface area (Å²) in [6, 6.07) is 7.67. The lowest BCUT2D eigenvalue weighted by Gasteiger charge is -2.36. The second-order valence-corrected chi connectivity index (χ2v) is 8.86. The molecule has 2 heterocycles. The quantitative estimate of drug-likeness (QED) is 0.271. The van der Waals surface area contributed by atoms with E-state index in [1.165, 1.54) is 23.0 Å². The Kier molecular flexibility index (Phi) is 8.36. The lowest BCUT2D eigenvalue weighted by molar-refractivity contribution is -0.130. The highest BCUT2D eigenvalue weighted by Crippen LogP contribution is 2.27. The number of halogens is 3. The molecular formula is C20H26ClF2N5O2S. The average molecular weight is 474 g/mol. The lowest BCUT2D eigenvalue weighted by Crippen LogP contribution is -2.49. The highest BCUT2D eigenvalue weighted by Gasteiger charge is 2.39. The maximum absolute atomic E-state index is 13.1. The molecule has 2 aliphatic heterocycles. The number of nitrogens with zero attached hydrogens (tertiary/aromatic N) is 4. The SMILES string of the molecule is O=C(CN=CNCSCC(=O)N1CCC(F)(F)C1)N1CCN(c2cccc(Cl)c2)CC1. The summed E-state index contributed by atoms with van der Waals surface area (Å²) in [6.45, 7) is 2.40. The Labute approximate surface area is 189 Å². The molecule has 2 fully saturated rings. The molecular weight excluding hydrogens is 448 g/mol. The Morgan fingerprint density at radius 1 is 1.16 bits per heavy atom. The van der Waals surface area contributed by atoms with Gasteiger partial charge in [0.05, 0.1) is 24.5 Å². The van der Waals surface area contributed by atoms with E-state index >= 15 is 0 Å². The lowest BCUT2D eigenvalue weighted by atomic mass is 10.2. The number of nitrogens with one attached hydrogen (secondary N) is 1. The summed E-state index contributed by atoms with van der Waals surface area (Å²) in [5.74, 6) is -2.55. The summed E-state index contributed by atoms with van der Waals surface area (Å²) in [4.78, 5) is 33.4. The van der Waals surface area contributed by atoms with Crippen molar-refractivity contribution in [2.75, 3.05) is 62.3 Å². The van der Waals surface area contributed by atoms with E-state index in [0.717, 1.165) is 18.8 Å². The third-order valence-electron chi connectivity index (χ3n) is 5.15. The number of alkyl halides is 2. The molecule has 0 aromatic heterocycles. The number of hydrogen-bond donors (Lipinski definition) is 1. The zero-order valence-corrected chi connectivity index (χ0v) is 18.7. The van der Waals surface area contributed by atoms with Gasteiger partial charge in [0.2, 0.25) is 11.8 Å². The van der Waals surface area contributed by atoms with Gasteiger partial charge in [-0.2, -0.15) is 0 Å². The monoisotopic (exact) mass is 473 g/mol. The van der Waals surface area contributed by atoms with E-state index in [2.05, 4.69) is 15.2 Å². The predicted molar refractivity (Wildman–Crippen MR) is 120 cm³/mol. The second kappa shape index (κ2) is 11.0. The van der Waals surface area contributed by atoms with Crippen LogP contribution in [0.1, 0.15) is 6.42 Å². The molecule has 31 heavy (non-hydrogen) atoms. The summed E-state index contributed by atoms with van der Waals surface area (Å²) < 4.78 is 26.3. The zero-order valence-electron chi connectivity index (χ0n) is 17.1. The number of anilines is 1. The van der Waals surface area contributed by atoms with Crippen molar-refractivity contribution in [3.05, 3.63) is 29.3 Å². The topological polar surface area (TPSA) is 68.2 Å². The van der Waals surface area contributed by atoms with Crippen LogP contribution < -0.4 is 10.2 Å². The van der Waals surface area contributed by atoms with Crippen LogP contribution in [-0.4, -0.2) is 91.3 Å². The Morgan fingerprint density at radius 3 is 2.61 bits per heavy atom. The van der Waals surface area contributed by atoms with Crippen LogP contribution in [0.2, 0.25) is 5.02 Å². The molecule has 2 aliphatic rings. The van der Waals surface area contributed by atoms with Crippen LogP contribution in [0.15, 0.2) is 29.3 Å². The van der Waals surface area contributed by atoms with Crippen LogP contribution in [0.3, 0.4) is 0 Å². The average Bonchev–Trinajstić information content (AvgIpc) is 3.12. The van der Waals surface area contributed by atoms with Crippen LogP contribution >= 0.6 is 23.4 Å². The Bertz CT molecular complexity index is 806. The minimum atomic E-state index is -2.76. The first-order chi connectivity index (χ1) is 14.8. The summed E-state index contributed by atoms with van der Waals surface area (Å²) in [5, 5.41) is 3.59. The largest absolute Gasteiger partial charge is 0.368 e. The third kappa shape index (κ3) is 7.24. The van der Waals surface area contributed by atoms with Gasteiger partial charge in [0, 0.05) is 49.9 Å². The molecule has 0 saturated carbocycles. The van der Waals surface area contributed by atoms with Crippen LogP contribution in [0.25, 0.3) is 0 Å². The van der Waals surface area contributed by atoms with Crippen molar-refractivity contribution >= 4 is 47.2 Å². The minimum absolute atomic E-state index is 0.0402. The molecule has 11 heteroatoms. The molecule has 1 aromatic rings. The maximum atomic E-state index is 13.1. The number of aliphatic imine (C=N–C) groups is 1. The van der Waals surface area contributed by atoms with E-state index < -0.39 is 12.5 Å². The van der Waals surface area contributed by atoms with Gasteiger partial charge in [-0.3, -0.25) is 14.6 Å². The minimum Gasteiger partial charge on any atom is -0.368 e. The molecule has 2 saturated heterocycles. The van der Waals surface area contributed by atoms with Gasteiger partial charge in [0.1, 0.15) is 6.54 Å². The van der Waals surface area contributed by atoms with E-state index in [4.69, 9.17) is 11.6 Å². The van der Waals surface area contributed by atoms with E-state index in [1.807, 2.05) is 24.3 Å². The van der Waals surface area contributed by atoms with Gasteiger partial charge in [-0.05, 0) is 18.2 Å². The Balaban J connectivity index is 1.27. The molecule has 1 N–H and O–H groups in total. The molecule has 0 radical (unpaired) electrons. The first-order valence-electron chi connectivity index (χ1n) is 10.1. The Hall–Kier alpha value is -2.07. The first-order valence-corrected chi connectivity index (χ1v) is 11.6. The molecule has 0 unspecified atom stereocenters. The maximum Gasteiger partial charge on any atom is 0.267 e. The van der Waals surface area contributed by atoms with Crippen molar-refractivity contribution in [2.45, 2.75) is 12.3 Å². The normalized spacial score (nSPS) is 18.6. The van der Waals surface area contributed by atoms with Crippen molar-refractivity contribution in [1.82, 2.24) is 15.1 Å². The number of carbonyl (C=O) groups excluding carboxylic acids is 2. The number of thioether (sulfide) groups is 1. The van der Waals surface area contributed by atoms with Crippen molar-refractivity contribution in [3.8, 4) is 0 Å². The van der Waals surface area contributed by atoms with Gasteiger partial charge >= 0.3 is 0 Å². The van der Waals surface area contributed by atoms with Gasteiger partial charge < -0.3 is 20.0 Å². The number of rotatable bonds is 8. The fourth-order valence-electron chi connectivity index (χ4n) is 3.45. The summed E-state index contributed by atoms with van der Waals surface area (Å²) in [7, 11) is 0. The second-order valence-electron chi connectivity index (χ2n) is 7.44. The molecule has 3 rings (SSSR count). The molecule has 0 aliphatic carbocycles. The van der Waals surface area contributed by atoms with Crippen molar-refractivity contribution in [2.24, 2.45) is 4.99 Å². The number of amides is 2. The summed E-state index contributed by atoms with van der Waals surface area (Å²) in [6.07, 6.45) is 1.18. The number of hydrogen-bond acceptors (Lipinski definition) is 5. The number of likely N-dealkylation sites (tertiary alicyclic amines) is 1. The zero-order chi connectivity index (χ0) is 22.3. The Morgan fingerprint density at radius 2 is 1.94 bits per heavy atom. The van der Waals surface area contributed by atoms with Crippen LogP contribution in [0.4, 0.5) is 14.5 Å². The number of piperazine rings is 1.